The van der Waals surface area contributed by atoms with Crippen molar-refractivity contribution >= 4 is 0 Å². The molecule has 1 heterocycles. The van der Waals surface area contributed by atoms with Crippen LogP contribution < -0.4 is 5.32 Å². The van der Waals surface area contributed by atoms with Crippen molar-refractivity contribution in [3.63, 3.8) is 0 Å². The molecular weight excluding hydrogens is 182 g/mol. The lowest BCUT2D eigenvalue weighted by molar-refractivity contribution is 0.334. The molecule has 1 rings (SSSR count). The molecule has 1 nitrogen and oxygen atoms in total. The molecule has 15 heavy (non-hydrogen) atoms. The Hall–Kier alpha value is -0.300. The first kappa shape index (κ1) is 12.8. The van der Waals surface area contributed by atoms with Crippen LogP contribution in [-0.2, 0) is 0 Å². The van der Waals surface area contributed by atoms with Crippen LogP contribution in [0.2, 0.25) is 0 Å². The highest BCUT2D eigenvalue weighted by Crippen LogP contribution is 2.24. The molecule has 0 radical (unpaired) electrons. The first-order valence-corrected chi connectivity index (χ1v) is 6.62. The quantitative estimate of drug-likeness (QED) is 0.474. The van der Waals surface area contributed by atoms with Crippen LogP contribution in [0.5, 0.6) is 0 Å². The summed E-state index contributed by atoms with van der Waals surface area (Å²) in [6, 6.07) is 0. The topological polar surface area (TPSA) is 12.0 Å². The van der Waals surface area contributed by atoms with Crippen molar-refractivity contribution in [2.24, 2.45) is 11.8 Å². The molecule has 0 spiro atoms. The zero-order chi connectivity index (χ0) is 11.1. The molecular formula is C14H27N. The minimum absolute atomic E-state index is 0.738. The highest BCUT2D eigenvalue weighted by atomic mass is 14.9. The van der Waals surface area contributed by atoms with Crippen LogP contribution >= 0.6 is 0 Å². The van der Waals surface area contributed by atoms with E-state index in [2.05, 4.69) is 25.7 Å². The van der Waals surface area contributed by atoms with Crippen LogP contribution in [0, 0.1) is 11.8 Å². The fraction of sp³-hybridized carbons (Fsp3) is 0.857. The van der Waals surface area contributed by atoms with Gasteiger partial charge in [-0.1, -0.05) is 51.7 Å². The van der Waals surface area contributed by atoms with Gasteiger partial charge >= 0.3 is 0 Å². The number of rotatable bonds is 8. The fourth-order valence-corrected chi connectivity index (χ4v) is 2.15. The summed E-state index contributed by atoms with van der Waals surface area (Å²) < 4.78 is 0. The molecule has 88 valence electrons. The average Bonchev–Trinajstić information content (AvgIpc) is 2.17. The van der Waals surface area contributed by atoms with Gasteiger partial charge in [-0.25, -0.2) is 0 Å². The molecule has 0 aromatic rings. The smallest absolute Gasteiger partial charge is 0.000518 e. The van der Waals surface area contributed by atoms with E-state index in [0.717, 1.165) is 11.8 Å². The summed E-state index contributed by atoms with van der Waals surface area (Å²) in [5.41, 5.74) is 1.48. The number of nitrogens with one attached hydrogen (secondary N) is 1. The third-order valence-electron chi connectivity index (χ3n) is 3.60. The van der Waals surface area contributed by atoms with Gasteiger partial charge in [-0.05, 0) is 37.8 Å². The molecule has 0 saturated carbocycles. The van der Waals surface area contributed by atoms with Crippen molar-refractivity contribution in [3.05, 3.63) is 12.2 Å². The Labute approximate surface area is 95.3 Å². The summed E-state index contributed by atoms with van der Waals surface area (Å²) in [6.07, 6.45) is 8.12. The third kappa shape index (κ3) is 4.83. The Morgan fingerprint density at radius 2 is 2.07 bits per heavy atom. The molecule has 0 aliphatic carbocycles. The van der Waals surface area contributed by atoms with Crippen molar-refractivity contribution in [2.45, 2.75) is 52.4 Å². The highest BCUT2D eigenvalue weighted by molar-refractivity contribution is 5.02. The van der Waals surface area contributed by atoms with Crippen molar-refractivity contribution in [3.8, 4) is 0 Å². The predicted octanol–water partition coefficient (Wildman–Crippen LogP) is 3.76. The standard InChI is InChI=1S/C14H27N/c1-4-5-6-7-8-12(2)13(3)9-14-10-15-11-14/h12,14-15H,3-11H2,1-2H3. The van der Waals surface area contributed by atoms with E-state index in [1.165, 1.54) is 57.2 Å². The first-order chi connectivity index (χ1) is 7.24. The van der Waals surface area contributed by atoms with Crippen LogP contribution in [-0.4, -0.2) is 13.1 Å². The zero-order valence-corrected chi connectivity index (χ0v) is 10.5. The molecule has 1 aliphatic heterocycles. The maximum absolute atomic E-state index is 4.25. The van der Waals surface area contributed by atoms with E-state index in [1.54, 1.807) is 0 Å². The Balaban J connectivity index is 2.03. The predicted molar refractivity (Wildman–Crippen MR) is 68.0 cm³/mol. The Morgan fingerprint density at radius 1 is 1.33 bits per heavy atom. The Kier molecular flexibility index (Phi) is 6.00. The van der Waals surface area contributed by atoms with E-state index in [1.807, 2.05) is 0 Å². The minimum atomic E-state index is 0.738. The first-order valence-electron chi connectivity index (χ1n) is 6.62. The van der Waals surface area contributed by atoms with E-state index in [0.29, 0.717) is 0 Å². The average molecular weight is 209 g/mol. The normalized spacial score (nSPS) is 18.5. The van der Waals surface area contributed by atoms with Crippen LogP contribution in [0.15, 0.2) is 12.2 Å². The third-order valence-corrected chi connectivity index (χ3v) is 3.60. The van der Waals surface area contributed by atoms with Gasteiger partial charge in [0, 0.05) is 0 Å². The van der Waals surface area contributed by atoms with Crippen molar-refractivity contribution in [1.82, 2.24) is 5.32 Å². The van der Waals surface area contributed by atoms with Crippen LogP contribution in [0.1, 0.15) is 52.4 Å². The Bertz CT molecular complexity index is 182. The van der Waals surface area contributed by atoms with Gasteiger partial charge in [0.1, 0.15) is 0 Å². The van der Waals surface area contributed by atoms with Gasteiger partial charge in [-0.2, -0.15) is 0 Å². The second kappa shape index (κ2) is 7.05. The second-order valence-electron chi connectivity index (χ2n) is 5.14. The molecule has 1 unspecified atom stereocenters. The molecule has 1 aliphatic rings. The van der Waals surface area contributed by atoms with Gasteiger partial charge in [-0.15, -0.1) is 0 Å². The van der Waals surface area contributed by atoms with Gasteiger partial charge in [0.25, 0.3) is 0 Å². The van der Waals surface area contributed by atoms with Gasteiger partial charge in [0.05, 0.1) is 0 Å². The molecule has 1 fully saturated rings. The molecule has 1 atom stereocenters. The largest absolute Gasteiger partial charge is 0.316 e. The Morgan fingerprint density at radius 3 is 2.60 bits per heavy atom. The van der Waals surface area contributed by atoms with Gasteiger partial charge in [-0.3, -0.25) is 0 Å². The summed E-state index contributed by atoms with van der Waals surface area (Å²) in [7, 11) is 0. The lowest BCUT2D eigenvalue weighted by atomic mass is 9.86. The number of allylic oxidation sites excluding steroid dienone is 1. The van der Waals surface area contributed by atoms with E-state index < -0.39 is 0 Å². The summed E-state index contributed by atoms with van der Waals surface area (Å²) in [5.74, 6) is 1.62. The second-order valence-corrected chi connectivity index (χ2v) is 5.14. The molecule has 0 aromatic carbocycles. The van der Waals surface area contributed by atoms with Crippen LogP contribution in [0.25, 0.3) is 0 Å². The fourth-order valence-electron chi connectivity index (χ4n) is 2.15. The monoisotopic (exact) mass is 209 g/mol. The summed E-state index contributed by atoms with van der Waals surface area (Å²) in [6.45, 7) is 11.3. The van der Waals surface area contributed by atoms with E-state index in [-0.39, 0.29) is 0 Å². The summed E-state index contributed by atoms with van der Waals surface area (Å²) >= 11 is 0. The van der Waals surface area contributed by atoms with E-state index >= 15 is 0 Å². The molecule has 0 aromatic heterocycles. The SMILES string of the molecule is C=C(CC1CNC1)C(C)CCCCCC. The maximum Gasteiger partial charge on any atom is -0.000518 e. The van der Waals surface area contributed by atoms with Gasteiger partial charge in [0.15, 0.2) is 0 Å². The molecule has 0 bridgehead atoms. The van der Waals surface area contributed by atoms with Gasteiger partial charge < -0.3 is 5.32 Å². The number of unbranched alkanes of at least 4 members (excludes halogenated alkanes) is 3. The highest BCUT2D eigenvalue weighted by Gasteiger charge is 2.19. The summed E-state index contributed by atoms with van der Waals surface area (Å²) in [4.78, 5) is 0. The number of hydrogen-bond acceptors (Lipinski definition) is 1. The van der Waals surface area contributed by atoms with E-state index in [9.17, 15) is 0 Å². The number of hydrogen-bond donors (Lipinski definition) is 1. The molecule has 1 heteroatoms. The van der Waals surface area contributed by atoms with Crippen molar-refractivity contribution in [1.29, 1.82) is 0 Å². The summed E-state index contributed by atoms with van der Waals surface area (Å²) in [5, 5.41) is 3.32. The lowest BCUT2D eigenvalue weighted by Gasteiger charge is -2.29. The maximum atomic E-state index is 4.25. The molecule has 1 N–H and O–H groups in total. The molecule has 0 amide bonds. The van der Waals surface area contributed by atoms with E-state index in [4.69, 9.17) is 0 Å². The van der Waals surface area contributed by atoms with Crippen molar-refractivity contribution < 1.29 is 0 Å². The van der Waals surface area contributed by atoms with Crippen LogP contribution in [0.3, 0.4) is 0 Å². The molecule has 1 saturated heterocycles. The zero-order valence-electron chi connectivity index (χ0n) is 10.5. The minimum Gasteiger partial charge on any atom is -0.316 e. The van der Waals surface area contributed by atoms with Crippen molar-refractivity contribution in [2.75, 3.05) is 13.1 Å². The van der Waals surface area contributed by atoms with Crippen LogP contribution in [0.4, 0.5) is 0 Å². The van der Waals surface area contributed by atoms with Gasteiger partial charge in [0.2, 0.25) is 0 Å². The lowest BCUT2D eigenvalue weighted by Crippen LogP contribution is -2.42.